The first-order valence-electron chi connectivity index (χ1n) is 7.61. The number of rotatable bonds is 6. The maximum Gasteiger partial charge on any atom is 0.418 e. The third kappa shape index (κ3) is 4.85. The molecule has 0 aliphatic heterocycles. The third-order valence-electron chi connectivity index (χ3n) is 3.27. The van der Waals surface area contributed by atoms with Crippen LogP contribution < -0.4 is 15.6 Å². The fraction of sp³-hybridized carbons (Fsp3) is 0.294. The normalized spacial score (nSPS) is 11.2. The van der Waals surface area contributed by atoms with Crippen molar-refractivity contribution in [3.05, 3.63) is 58.5 Å². The molecule has 134 valence electrons. The van der Waals surface area contributed by atoms with Gasteiger partial charge in [0.1, 0.15) is 6.54 Å². The second-order valence-corrected chi connectivity index (χ2v) is 5.25. The molecule has 0 spiro atoms. The van der Waals surface area contributed by atoms with Crippen LogP contribution >= 0.6 is 0 Å². The summed E-state index contributed by atoms with van der Waals surface area (Å²) in [6, 6.07) is 7.66. The fourth-order valence-corrected chi connectivity index (χ4v) is 2.14. The predicted molar refractivity (Wildman–Crippen MR) is 86.6 cm³/mol. The zero-order valence-electron chi connectivity index (χ0n) is 13.5. The fourth-order valence-electron chi connectivity index (χ4n) is 2.14. The van der Waals surface area contributed by atoms with Gasteiger partial charge in [-0.25, -0.2) is 0 Å². The lowest BCUT2D eigenvalue weighted by Crippen LogP contribution is -2.28. The minimum absolute atomic E-state index is 0.0906. The van der Waals surface area contributed by atoms with Crippen LogP contribution in [-0.2, 0) is 17.5 Å². The summed E-state index contributed by atoms with van der Waals surface area (Å²) in [6.07, 6.45) is -2.51. The van der Waals surface area contributed by atoms with E-state index in [1.807, 2.05) is 6.92 Å². The van der Waals surface area contributed by atoms with Crippen molar-refractivity contribution in [3.63, 3.8) is 0 Å². The van der Waals surface area contributed by atoms with Gasteiger partial charge in [-0.15, -0.1) is 0 Å². The summed E-state index contributed by atoms with van der Waals surface area (Å²) >= 11 is 0. The average Bonchev–Trinajstić information content (AvgIpc) is 2.55. The zero-order valence-corrected chi connectivity index (χ0v) is 13.5. The van der Waals surface area contributed by atoms with E-state index in [4.69, 9.17) is 4.74 Å². The molecule has 1 heterocycles. The summed E-state index contributed by atoms with van der Waals surface area (Å²) in [5.41, 5.74) is -1.82. The van der Waals surface area contributed by atoms with Crippen molar-refractivity contribution in [1.82, 2.24) is 4.57 Å². The number of hydrogen-bond acceptors (Lipinski definition) is 3. The zero-order chi connectivity index (χ0) is 18.4. The highest BCUT2D eigenvalue weighted by molar-refractivity contribution is 5.91. The van der Waals surface area contributed by atoms with Crippen molar-refractivity contribution in [1.29, 1.82) is 0 Å². The van der Waals surface area contributed by atoms with Crippen molar-refractivity contribution in [2.24, 2.45) is 0 Å². The van der Waals surface area contributed by atoms with Crippen LogP contribution in [0.2, 0.25) is 0 Å². The summed E-state index contributed by atoms with van der Waals surface area (Å²) in [7, 11) is 0. The molecule has 1 N–H and O–H groups in total. The Bertz CT molecular complexity index is 800. The Morgan fingerprint density at radius 1 is 1.20 bits per heavy atom. The van der Waals surface area contributed by atoms with Crippen molar-refractivity contribution in [3.8, 4) is 5.75 Å². The second-order valence-electron chi connectivity index (χ2n) is 5.25. The molecule has 0 radical (unpaired) electrons. The Labute approximate surface area is 142 Å². The van der Waals surface area contributed by atoms with Crippen molar-refractivity contribution < 1.29 is 22.7 Å². The van der Waals surface area contributed by atoms with Crippen LogP contribution in [0, 0.1) is 0 Å². The van der Waals surface area contributed by atoms with E-state index in [-0.39, 0.29) is 11.4 Å². The van der Waals surface area contributed by atoms with E-state index < -0.39 is 29.8 Å². The van der Waals surface area contributed by atoms with Gasteiger partial charge >= 0.3 is 6.18 Å². The number of ether oxygens (including phenoxy) is 1. The van der Waals surface area contributed by atoms with Crippen molar-refractivity contribution in [2.75, 3.05) is 11.9 Å². The molecule has 25 heavy (non-hydrogen) atoms. The van der Waals surface area contributed by atoms with Crippen molar-refractivity contribution in [2.45, 2.75) is 26.1 Å². The van der Waals surface area contributed by atoms with Gasteiger partial charge in [-0.2, -0.15) is 13.2 Å². The lowest BCUT2D eigenvalue weighted by molar-refractivity contribution is -0.137. The van der Waals surface area contributed by atoms with Crippen LogP contribution in [0.1, 0.15) is 18.9 Å². The first-order chi connectivity index (χ1) is 11.8. The molecule has 1 aromatic heterocycles. The van der Waals surface area contributed by atoms with Crippen LogP contribution in [0.25, 0.3) is 0 Å². The third-order valence-corrected chi connectivity index (χ3v) is 3.27. The minimum Gasteiger partial charge on any atom is -0.488 e. The molecule has 1 aromatic carbocycles. The smallest absolute Gasteiger partial charge is 0.418 e. The van der Waals surface area contributed by atoms with Crippen LogP contribution in [0.15, 0.2) is 47.4 Å². The van der Waals surface area contributed by atoms with Crippen LogP contribution in [0.5, 0.6) is 5.75 Å². The molecular formula is C17H17F3N2O3. The average molecular weight is 354 g/mol. The van der Waals surface area contributed by atoms with E-state index in [1.165, 1.54) is 30.5 Å². The molecule has 0 fully saturated rings. The summed E-state index contributed by atoms with van der Waals surface area (Å²) in [5, 5.41) is 2.20. The Morgan fingerprint density at radius 3 is 2.60 bits per heavy atom. The van der Waals surface area contributed by atoms with Gasteiger partial charge in [-0.3, -0.25) is 9.59 Å². The summed E-state index contributed by atoms with van der Waals surface area (Å²) in [6.45, 7) is 1.81. The van der Waals surface area contributed by atoms with Gasteiger partial charge in [0.25, 0.3) is 5.56 Å². The molecule has 1 amide bonds. The maximum atomic E-state index is 12.9. The molecule has 0 atom stereocenters. The number of alkyl halides is 3. The lowest BCUT2D eigenvalue weighted by Gasteiger charge is -2.14. The number of pyridine rings is 1. The van der Waals surface area contributed by atoms with E-state index in [0.717, 1.165) is 16.7 Å². The molecule has 0 aliphatic carbocycles. The lowest BCUT2D eigenvalue weighted by atomic mass is 10.1. The number of amides is 1. The van der Waals surface area contributed by atoms with Gasteiger partial charge in [-0.05, 0) is 30.7 Å². The molecule has 2 aromatic rings. The molecule has 2 rings (SSSR count). The van der Waals surface area contributed by atoms with Crippen LogP contribution in [0.3, 0.4) is 0 Å². The number of halogens is 3. The van der Waals surface area contributed by atoms with Gasteiger partial charge in [0.15, 0.2) is 5.75 Å². The quantitative estimate of drug-likeness (QED) is 0.866. The van der Waals surface area contributed by atoms with Gasteiger partial charge in [-0.1, -0.05) is 19.1 Å². The Hall–Kier alpha value is -2.77. The highest BCUT2D eigenvalue weighted by atomic mass is 19.4. The maximum absolute atomic E-state index is 12.9. The van der Waals surface area contributed by atoms with E-state index in [1.54, 1.807) is 0 Å². The number of carbonyl (C=O) groups excluding carboxylic acids is 1. The summed E-state index contributed by atoms with van der Waals surface area (Å²) in [5.74, 6) is -0.653. The van der Waals surface area contributed by atoms with E-state index in [9.17, 15) is 22.8 Å². The Morgan fingerprint density at radius 2 is 1.92 bits per heavy atom. The van der Waals surface area contributed by atoms with Crippen LogP contribution in [0.4, 0.5) is 18.9 Å². The number of nitrogens with zero attached hydrogens (tertiary/aromatic N) is 1. The Kier molecular flexibility index (Phi) is 5.84. The second kappa shape index (κ2) is 7.87. The molecule has 0 saturated carbocycles. The van der Waals surface area contributed by atoms with E-state index in [0.29, 0.717) is 13.0 Å². The van der Waals surface area contributed by atoms with E-state index >= 15 is 0 Å². The summed E-state index contributed by atoms with van der Waals surface area (Å²) in [4.78, 5) is 24.2. The topological polar surface area (TPSA) is 60.3 Å². The number of nitrogens with one attached hydrogen (secondary N) is 1. The SMILES string of the molecule is CCCOc1cccn(CC(=O)Nc2ccccc2C(F)(F)F)c1=O. The molecule has 0 saturated heterocycles. The minimum atomic E-state index is -4.59. The standard InChI is InChI=1S/C17H17F3N2O3/c1-2-10-25-14-8-5-9-22(16(14)24)11-15(23)21-13-7-4-3-6-12(13)17(18,19)20/h3-9H,2,10-11H2,1H3,(H,21,23). The van der Waals surface area contributed by atoms with Crippen LogP contribution in [-0.4, -0.2) is 17.1 Å². The highest BCUT2D eigenvalue weighted by Crippen LogP contribution is 2.34. The first kappa shape index (κ1) is 18.6. The number of para-hydroxylation sites is 1. The molecular weight excluding hydrogens is 337 g/mol. The number of hydrogen-bond donors (Lipinski definition) is 1. The van der Waals surface area contributed by atoms with Gasteiger partial charge in [0.05, 0.1) is 17.9 Å². The van der Waals surface area contributed by atoms with E-state index in [2.05, 4.69) is 5.32 Å². The predicted octanol–water partition coefficient (Wildman–Crippen LogP) is 3.29. The molecule has 0 bridgehead atoms. The molecule has 0 aliphatic rings. The monoisotopic (exact) mass is 354 g/mol. The van der Waals surface area contributed by atoms with Gasteiger partial charge in [0, 0.05) is 6.20 Å². The van der Waals surface area contributed by atoms with Gasteiger partial charge < -0.3 is 14.6 Å². The van der Waals surface area contributed by atoms with Crippen molar-refractivity contribution >= 4 is 11.6 Å². The number of carbonyl (C=O) groups is 1. The number of benzene rings is 1. The summed E-state index contributed by atoms with van der Waals surface area (Å²) < 4.78 is 45.2. The molecule has 0 unspecified atom stereocenters. The van der Waals surface area contributed by atoms with Gasteiger partial charge in [0.2, 0.25) is 5.91 Å². The molecule has 8 heteroatoms. The number of anilines is 1. The molecule has 5 nitrogen and oxygen atoms in total. The highest BCUT2D eigenvalue weighted by Gasteiger charge is 2.33. The number of aromatic nitrogens is 1. The Balaban J connectivity index is 2.16. The first-order valence-corrected chi connectivity index (χ1v) is 7.61. The largest absolute Gasteiger partial charge is 0.488 e.